The number of carbonyl (C=O) groups is 2. The molecule has 2 aromatic rings. The van der Waals surface area contributed by atoms with Gasteiger partial charge in [-0.3, -0.25) is 4.79 Å². The van der Waals surface area contributed by atoms with E-state index in [4.69, 9.17) is 14.2 Å². The number of amides is 1. The molecule has 0 fully saturated rings. The standard InChI is InChI=1S/C24H22BrNO6S/c1-4-31-17-12-14(11-16(25)21(17)30-3)13-18-20(27)19(24(29)32-5-2)23(33-18)26-22(28)15-9-7-6-8-10-15/h6-13,27H,4-5H2,1-3H3/b18-13-,26-23?. The molecule has 33 heavy (non-hydrogen) atoms. The van der Waals surface area contributed by atoms with Gasteiger partial charge in [0.05, 0.1) is 29.7 Å². The minimum Gasteiger partial charge on any atom is -0.506 e. The molecule has 2 aromatic carbocycles. The van der Waals surface area contributed by atoms with E-state index in [2.05, 4.69) is 20.9 Å². The summed E-state index contributed by atoms with van der Waals surface area (Å²) < 4.78 is 16.8. The number of methoxy groups -OCH3 is 1. The zero-order chi connectivity index (χ0) is 24.0. The molecular weight excluding hydrogens is 510 g/mol. The summed E-state index contributed by atoms with van der Waals surface area (Å²) in [4.78, 5) is 29.6. The number of halogens is 1. The van der Waals surface area contributed by atoms with E-state index in [1.165, 1.54) is 0 Å². The number of thioether (sulfide) groups is 1. The molecule has 1 amide bonds. The number of aliphatic hydroxyl groups is 1. The summed E-state index contributed by atoms with van der Waals surface area (Å²) in [6.45, 7) is 4.07. The molecule has 0 radical (unpaired) electrons. The van der Waals surface area contributed by atoms with Crippen LogP contribution in [0.5, 0.6) is 11.5 Å². The number of esters is 1. The number of carbonyl (C=O) groups excluding carboxylic acids is 2. The average molecular weight is 532 g/mol. The molecule has 7 nitrogen and oxygen atoms in total. The molecule has 3 rings (SSSR count). The smallest absolute Gasteiger partial charge is 0.344 e. The first-order chi connectivity index (χ1) is 15.9. The largest absolute Gasteiger partial charge is 0.506 e. The molecule has 1 aliphatic heterocycles. The maximum Gasteiger partial charge on any atom is 0.344 e. The van der Waals surface area contributed by atoms with Crippen molar-refractivity contribution in [1.82, 2.24) is 0 Å². The zero-order valence-electron chi connectivity index (χ0n) is 18.3. The van der Waals surface area contributed by atoms with E-state index in [-0.39, 0.29) is 23.0 Å². The van der Waals surface area contributed by atoms with Gasteiger partial charge in [-0.1, -0.05) is 30.0 Å². The van der Waals surface area contributed by atoms with Crippen molar-refractivity contribution < 1.29 is 28.9 Å². The molecule has 0 bridgehead atoms. The van der Waals surface area contributed by atoms with Crippen LogP contribution >= 0.6 is 27.7 Å². The van der Waals surface area contributed by atoms with Crippen LogP contribution in [0.25, 0.3) is 6.08 Å². The molecule has 1 heterocycles. The highest BCUT2D eigenvalue weighted by Crippen LogP contribution is 2.42. The molecule has 0 atom stereocenters. The molecular formula is C24H22BrNO6S. The predicted octanol–water partition coefficient (Wildman–Crippen LogP) is 5.56. The molecule has 0 aliphatic carbocycles. The Hall–Kier alpha value is -3.04. The number of ether oxygens (including phenoxy) is 3. The molecule has 9 heteroatoms. The maximum absolute atomic E-state index is 12.6. The molecule has 0 aromatic heterocycles. The fourth-order valence-corrected chi connectivity index (χ4v) is 4.65. The molecule has 0 unspecified atom stereocenters. The molecule has 0 spiro atoms. The first kappa shape index (κ1) is 24.6. The van der Waals surface area contributed by atoms with Gasteiger partial charge in [0.1, 0.15) is 16.4 Å². The van der Waals surface area contributed by atoms with E-state index in [1.54, 1.807) is 62.6 Å². The SMILES string of the molecule is CCOC(=O)C1=C(O)/C(=C/c2cc(Br)c(OC)c(OCC)c2)SC1=NC(=O)c1ccccc1. The Kier molecular flexibility index (Phi) is 8.35. The van der Waals surface area contributed by atoms with E-state index in [9.17, 15) is 14.7 Å². The number of hydrogen-bond acceptors (Lipinski definition) is 7. The lowest BCUT2D eigenvalue weighted by Gasteiger charge is -2.12. The Morgan fingerprint density at radius 1 is 1.15 bits per heavy atom. The maximum atomic E-state index is 12.6. The first-order valence-corrected chi connectivity index (χ1v) is 11.7. The van der Waals surface area contributed by atoms with Crippen molar-refractivity contribution in [3.05, 3.63) is 74.3 Å². The normalized spacial score (nSPS) is 15.8. The van der Waals surface area contributed by atoms with Crippen LogP contribution in [-0.2, 0) is 9.53 Å². The van der Waals surface area contributed by atoms with Crippen molar-refractivity contribution in [3.63, 3.8) is 0 Å². The summed E-state index contributed by atoms with van der Waals surface area (Å²) >= 11 is 4.47. The number of rotatable bonds is 7. The number of aliphatic imine (C=N–C) groups is 1. The van der Waals surface area contributed by atoms with Crippen LogP contribution in [-0.4, -0.2) is 42.4 Å². The van der Waals surface area contributed by atoms with Gasteiger partial charge in [-0.15, -0.1) is 0 Å². The predicted molar refractivity (Wildman–Crippen MR) is 132 cm³/mol. The van der Waals surface area contributed by atoms with E-state index in [0.29, 0.717) is 38.6 Å². The van der Waals surface area contributed by atoms with Crippen molar-refractivity contribution in [2.75, 3.05) is 20.3 Å². The van der Waals surface area contributed by atoms with Crippen LogP contribution < -0.4 is 9.47 Å². The Morgan fingerprint density at radius 3 is 2.52 bits per heavy atom. The zero-order valence-corrected chi connectivity index (χ0v) is 20.7. The molecule has 1 aliphatic rings. The van der Waals surface area contributed by atoms with Crippen molar-refractivity contribution in [3.8, 4) is 11.5 Å². The summed E-state index contributed by atoms with van der Waals surface area (Å²) in [7, 11) is 1.54. The summed E-state index contributed by atoms with van der Waals surface area (Å²) in [6.07, 6.45) is 1.67. The minimum absolute atomic E-state index is 0.0728. The van der Waals surface area contributed by atoms with Crippen LogP contribution in [0.3, 0.4) is 0 Å². The number of nitrogens with zero attached hydrogens (tertiary/aromatic N) is 1. The third-order valence-corrected chi connectivity index (χ3v) is 6.04. The molecule has 0 saturated heterocycles. The Bertz CT molecular complexity index is 1160. The van der Waals surface area contributed by atoms with Crippen LogP contribution in [0.1, 0.15) is 29.8 Å². The fourth-order valence-electron chi connectivity index (χ4n) is 3.01. The van der Waals surface area contributed by atoms with Crippen LogP contribution in [0.2, 0.25) is 0 Å². The van der Waals surface area contributed by atoms with Gasteiger partial charge in [0, 0.05) is 5.56 Å². The second-order valence-corrected chi connectivity index (χ2v) is 8.49. The van der Waals surface area contributed by atoms with Crippen LogP contribution in [0, 0.1) is 0 Å². The summed E-state index contributed by atoms with van der Waals surface area (Å²) in [5.41, 5.74) is 0.903. The second-order valence-electron chi connectivity index (χ2n) is 6.61. The van der Waals surface area contributed by atoms with Crippen molar-refractivity contribution in [2.45, 2.75) is 13.8 Å². The number of aliphatic hydroxyl groups excluding tert-OH is 1. The first-order valence-electron chi connectivity index (χ1n) is 10.1. The summed E-state index contributed by atoms with van der Waals surface area (Å²) in [6, 6.07) is 12.0. The van der Waals surface area contributed by atoms with Crippen molar-refractivity contribution >= 4 is 50.7 Å². The van der Waals surface area contributed by atoms with Gasteiger partial charge < -0.3 is 19.3 Å². The number of hydrogen-bond donors (Lipinski definition) is 1. The fraction of sp³-hybridized carbons (Fsp3) is 0.208. The molecule has 172 valence electrons. The average Bonchev–Trinajstić information content (AvgIpc) is 3.09. The highest BCUT2D eigenvalue weighted by molar-refractivity contribution is 9.10. The van der Waals surface area contributed by atoms with Gasteiger partial charge in [0.15, 0.2) is 11.5 Å². The monoisotopic (exact) mass is 531 g/mol. The lowest BCUT2D eigenvalue weighted by molar-refractivity contribution is -0.138. The Morgan fingerprint density at radius 2 is 1.88 bits per heavy atom. The lowest BCUT2D eigenvalue weighted by atomic mass is 10.1. The van der Waals surface area contributed by atoms with Crippen molar-refractivity contribution in [2.24, 2.45) is 4.99 Å². The third-order valence-electron chi connectivity index (χ3n) is 4.43. The highest BCUT2D eigenvalue weighted by atomic mass is 79.9. The van der Waals surface area contributed by atoms with Gasteiger partial charge in [0.2, 0.25) is 0 Å². The van der Waals surface area contributed by atoms with Gasteiger partial charge in [0.25, 0.3) is 5.91 Å². The summed E-state index contributed by atoms with van der Waals surface area (Å²) in [5.74, 6) is -0.522. The third kappa shape index (κ3) is 5.66. The molecule has 1 N–H and O–H groups in total. The van der Waals surface area contributed by atoms with E-state index in [0.717, 1.165) is 11.8 Å². The topological polar surface area (TPSA) is 94.4 Å². The minimum atomic E-state index is -0.753. The van der Waals surface area contributed by atoms with E-state index >= 15 is 0 Å². The van der Waals surface area contributed by atoms with Gasteiger partial charge in [-0.2, -0.15) is 0 Å². The highest BCUT2D eigenvalue weighted by Gasteiger charge is 2.34. The summed E-state index contributed by atoms with van der Waals surface area (Å²) in [5, 5.41) is 10.9. The van der Waals surface area contributed by atoms with Crippen LogP contribution in [0.4, 0.5) is 0 Å². The Balaban J connectivity index is 2.05. The number of benzene rings is 2. The molecule has 0 saturated carbocycles. The van der Waals surface area contributed by atoms with Crippen LogP contribution in [0.15, 0.2) is 68.2 Å². The van der Waals surface area contributed by atoms with Gasteiger partial charge in [-0.05, 0) is 65.7 Å². The Labute approximate surface area is 204 Å². The van der Waals surface area contributed by atoms with E-state index in [1.807, 2.05) is 6.92 Å². The van der Waals surface area contributed by atoms with Crippen molar-refractivity contribution in [1.29, 1.82) is 0 Å². The van der Waals surface area contributed by atoms with E-state index < -0.39 is 11.9 Å². The second kappa shape index (κ2) is 11.2. The quantitative estimate of drug-likeness (QED) is 0.467. The van der Waals surface area contributed by atoms with Gasteiger partial charge in [-0.25, -0.2) is 9.79 Å². The lowest BCUT2D eigenvalue weighted by Crippen LogP contribution is -2.14. The van der Waals surface area contributed by atoms with Gasteiger partial charge >= 0.3 is 5.97 Å².